The van der Waals surface area contributed by atoms with Crippen molar-refractivity contribution in [1.29, 1.82) is 0 Å². The molecule has 8 nitrogen and oxygen atoms in total. The SMILES string of the molecule is O=C(O)C(F)(F)F.O=C(O)C(F)(F)F.O=C(c1ccsc1)N1CC2(CCN(Cc3ccsc3)C2)c2ncccc21. The van der Waals surface area contributed by atoms with E-state index in [9.17, 15) is 31.1 Å². The Balaban J connectivity index is 0.000000263. The van der Waals surface area contributed by atoms with E-state index < -0.39 is 24.3 Å². The number of anilines is 1. The summed E-state index contributed by atoms with van der Waals surface area (Å²) in [5, 5.41) is 22.5. The minimum atomic E-state index is -5.08. The summed E-state index contributed by atoms with van der Waals surface area (Å²) in [6.07, 6.45) is -7.25. The topological polar surface area (TPSA) is 111 Å². The lowest BCUT2D eigenvalue weighted by molar-refractivity contribution is -0.193. The molecule has 1 unspecified atom stereocenters. The lowest BCUT2D eigenvalue weighted by Gasteiger charge is -2.25. The minimum absolute atomic E-state index is 0.0434. The summed E-state index contributed by atoms with van der Waals surface area (Å²) >= 11 is 3.31. The second-order valence-corrected chi connectivity index (χ2v) is 10.3. The van der Waals surface area contributed by atoms with Gasteiger partial charge < -0.3 is 15.1 Å². The number of alkyl halides is 6. The van der Waals surface area contributed by atoms with E-state index >= 15 is 0 Å². The van der Waals surface area contributed by atoms with Crippen molar-refractivity contribution in [1.82, 2.24) is 9.88 Å². The number of carboxylic acids is 2. The van der Waals surface area contributed by atoms with E-state index in [0.717, 1.165) is 49.5 Å². The number of thiophene rings is 2. The van der Waals surface area contributed by atoms with E-state index in [1.807, 2.05) is 40.1 Å². The van der Waals surface area contributed by atoms with Gasteiger partial charge in [-0.15, -0.1) is 0 Å². The van der Waals surface area contributed by atoms with Gasteiger partial charge in [-0.2, -0.15) is 49.0 Å². The highest BCUT2D eigenvalue weighted by molar-refractivity contribution is 7.08. The fraction of sp³-hybridized carbons (Fsp3) is 0.333. The van der Waals surface area contributed by atoms with E-state index in [1.54, 1.807) is 22.7 Å². The fourth-order valence-corrected chi connectivity index (χ4v) is 5.56. The fourth-order valence-electron chi connectivity index (χ4n) is 4.27. The summed E-state index contributed by atoms with van der Waals surface area (Å²) in [5.41, 5.74) is 4.18. The van der Waals surface area contributed by atoms with E-state index in [1.165, 1.54) is 5.56 Å². The lowest BCUT2D eigenvalue weighted by Crippen LogP contribution is -2.39. The Morgan fingerprint density at radius 1 is 0.925 bits per heavy atom. The summed E-state index contributed by atoms with van der Waals surface area (Å²) in [4.78, 5) is 40.0. The van der Waals surface area contributed by atoms with Crippen LogP contribution in [-0.2, 0) is 21.5 Å². The molecular weight excluding hydrogens is 588 g/mol. The highest BCUT2D eigenvalue weighted by Gasteiger charge is 2.50. The maximum absolute atomic E-state index is 13.0. The molecule has 0 radical (unpaired) electrons. The summed E-state index contributed by atoms with van der Waals surface area (Å²) in [7, 11) is 0. The van der Waals surface area contributed by atoms with Crippen molar-refractivity contribution >= 4 is 46.2 Å². The molecule has 216 valence electrons. The van der Waals surface area contributed by atoms with Crippen molar-refractivity contribution in [2.45, 2.75) is 30.7 Å². The van der Waals surface area contributed by atoms with Crippen LogP contribution in [0.1, 0.15) is 28.0 Å². The Bertz CT molecular complexity index is 1290. The first-order valence-electron chi connectivity index (χ1n) is 11.3. The molecule has 16 heteroatoms. The number of nitrogens with zero attached hydrogens (tertiary/aromatic N) is 3. The maximum atomic E-state index is 13.0. The van der Waals surface area contributed by atoms with Crippen molar-refractivity contribution in [3.8, 4) is 0 Å². The summed E-state index contributed by atoms with van der Waals surface area (Å²) in [6, 6.07) is 8.08. The highest BCUT2D eigenvalue weighted by Crippen LogP contribution is 2.45. The van der Waals surface area contributed by atoms with Crippen LogP contribution in [0.2, 0.25) is 0 Å². The van der Waals surface area contributed by atoms with Crippen molar-refractivity contribution in [3.63, 3.8) is 0 Å². The largest absolute Gasteiger partial charge is 0.490 e. The van der Waals surface area contributed by atoms with Gasteiger partial charge in [0.2, 0.25) is 0 Å². The van der Waals surface area contributed by atoms with Crippen LogP contribution in [0.25, 0.3) is 0 Å². The predicted molar refractivity (Wildman–Crippen MR) is 134 cm³/mol. The monoisotopic (exact) mass is 609 g/mol. The Labute approximate surface area is 231 Å². The molecule has 1 atom stereocenters. The average Bonchev–Trinajstić information content (AvgIpc) is 3.68. The zero-order chi connectivity index (χ0) is 29.7. The van der Waals surface area contributed by atoms with Crippen LogP contribution in [-0.4, -0.2) is 69.9 Å². The number of aromatic nitrogens is 1. The van der Waals surface area contributed by atoms with Gasteiger partial charge in [0.05, 0.1) is 16.9 Å². The number of carbonyl (C=O) groups excluding carboxylic acids is 1. The normalized spacial score (nSPS) is 18.4. The smallest absolute Gasteiger partial charge is 0.475 e. The van der Waals surface area contributed by atoms with Gasteiger partial charge >= 0.3 is 24.3 Å². The van der Waals surface area contributed by atoms with Crippen LogP contribution in [0.5, 0.6) is 0 Å². The molecule has 2 aliphatic rings. The molecule has 1 spiro atoms. The van der Waals surface area contributed by atoms with Gasteiger partial charge in [-0.25, -0.2) is 9.59 Å². The Kier molecular flexibility index (Phi) is 9.58. The van der Waals surface area contributed by atoms with Gasteiger partial charge in [0.25, 0.3) is 5.91 Å². The van der Waals surface area contributed by atoms with Gasteiger partial charge in [-0.05, 0) is 58.9 Å². The molecular formula is C24H21F6N3O5S2. The van der Waals surface area contributed by atoms with E-state index in [0.29, 0.717) is 0 Å². The number of likely N-dealkylation sites (tertiary alicyclic amines) is 1. The van der Waals surface area contributed by atoms with Crippen LogP contribution < -0.4 is 4.90 Å². The maximum Gasteiger partial charge on any atom is 0.490 e. The third kappa shape index (κ3) is 7.57. The highest BCUT2D eigenvalue weighted by atomic mass is 32.1. The third-order valence-electron chi connectivity index (χ3n) is 5.96. The van der Waals surface area contributed by atoms with Crippen LogP contribution in [0.3, 0.4) is 0 Å². The number of hydrogen-bond donors (Lipinski definition) is 2. The molecule has 40 heavy (non-hydrogen) atoms. The Hall–Kier alpha value is -3.50. The van der Waals surface area contributed by atoms with Crippen LogP contribution in [0.15, 0.2) is 52.0 Å². The number of pyridine rings is 1. The summed E-state index contributed by atoms with van der Waals surface area (Å²) in [6.45, 7) is 3.71. The Morgan fingerprint density at radius 3 is 2.05 bits per heavy atom. The average molecular weight is 610 g/mol. The number of rotatable bonds is 3. The minimum Gasteiger partial charge on any atom is -0.475 e. The van der Waals surface area contributed by atoms with Crippen molar-refractivity contribution < 1.29 is 50.9 Å². The number of halogens is 6. The lowest BCUT2D eigenvalue weighted by atomic mass is 9.85. The quantitative estimate of drug-likeness (QED) is 0.389. The molecule has 1 fully saturated rings. The number of aliphatic carboxylic acids is 2. The second-order valence-electron chi connectivity index (χ2n) is 8.75. The molecule has 3 aromatic heterocycles. The standard InChI is InChI=1S/C20H19N3OS2.2C2HF3O2/c24-19(16-4-9-26-12-16)23-14-20(18-17(23)2-1-6-21-18)5-7-22(13-20)10-15-3-8-25-11-15;2*3-2(4,5)1(6)7/h1-4,6,8-9,11-12H,5,7,10,13-14H2;2*(H,6,7). The molecule has 2 aliphatic heterocycles. The molecule has 0 bridgehead atoms. The zero-order valence-electron chi connectivity index (χ0n) is 20.3. The molecule has 5 rings (SSSR count). The van der Waals surface area contributed by atoms with Gasteiger partial charge in [0, 0.05) is 36.6 Å². The number of amides is 1. The van der Waals surface area contributed by atoms with Crippen molar-refractivity contribution in [3.05, 3.63) is 68.8 Å². The molecule has 1 amide bonds. The van der Waals surface area contributed by atoms with Gasteiger partial charge in [-0.1, -0.05) is 0 Å². The van der Waals surface area contributed by atoms with E-state index in [-0.39, 0.29) is 11.3 Å². The van der Waals surface area contributed by atoms with Gasteiger partial charge in [0.15, 0.2) is 0 Å². The Morgan fingerprint density at radius 2 is 1.52 bits per heavy atom. The first-order chi connectivity index (χ1) is 18.6. The summed E-state index contributed by atoms with van der Waals surface area (Å²) in [5.74, 6) is -5.42. The van der Waals surface area contributed by atoms with E-state index in [2.05, 4.69) is 21.7 Å². The molecule has 1 saturated heterocycles. The van der Waals surface area contributed by atoms with Crippen molar-refractivity contribution in [2.24, 2.45) is 0 Å². The summed E-state index contributed by atoms with van der Waals surface area (Å²) < 4.78 is 63.5. The molecule has 5 heterocycles. The van der Waals surface area contributed by atoms with E-state index in [4.69, 9.17) is 24.8 Å². The van der Waals surface area contributed by atoms with Gasteiger partial charge in [0.1, 0.15) is 0 Å². The third-order valence-corrected chi connectivity index (χ3v) is 7.37. The molecule has 0 aliphatic carbocycles. The first kappa shape index (κ1) is 31.0. The number of hydrogen-bond acceptors (Lipinski definition) is 7. The first-order valence-corrected chi connectivity index (χ1v) is 13.2. The second kappa shape index (κ2) is 12.3. The number of carbonyl (C=O) groups is 3. The number of carboxylic acid groups (broad SMARTS) is 2. The molecule has 0 saturated carbocycles. The van der Waals surface area contributed by atoms with Crippen LogP contribution in [0, 0.1) is 0 Å². The van der Waals surface area contributed by atoms with Crippen LogP contribution >= 0.6 is 22.7 Å². The molecule has 2 N–H and O–H groups in total. The molecule has 0 aromatic carbocycles. The number of fused-ring (bicyclic) bond motifs is 2. The van der Waals surface area contributed by atoms with Crippen molar-refractivity contribution in [2.75, 3.05) is 24.5 Å². The predicted octanol–water partition coefficient (Wildman–Crippen LogP) is 5.28. The zero-order valence-corrected chi connectivity index (χ0v) is 21.9. The molecule has 3 aromatic rings. The van der Waals surface area contributed by atoms with Gasteiger partial charge in [-0.3, -0.25) is 14.7 Å². The van der Waals surface area contributed by atoms with Crippen LogP contribution in [0.4, 0.5) is 32.0 Å².